The molecule has 0 atom stereocenters. The zero-order valence-corrected chi connectivity index (χ0v) is 16.5. The number of anilines is 3. The Morgan fingerprint density at radius 1 is 1.31 bits per heavy atom. The second-order valence-corrected chi connectivity index (χ2v) is 8.54. The third-order valence-electron chi connectivity index (χ3n) is 4.20. The minimum Gasteiger partial charge on any atom is -0.384 e. The molecule has 9 nitrogen and oxygen atoms in total. The van der Waals surface area contributed by atoms with Crippen molar-refractivity contribution in [3.8, 4) is 0 Å². The van der Waals surface area contributed by atoms with Gasteiger partial charge in [-0.3, -0.25) is 19.1 Å². The number of Topliss-reactive ketones (excluding diaryl/α,β-unsaturated/α-hetero) is 1. The molecule has 1 aliphatic rings. The van der Waals surface area contributed by atoms with E-state index in [1.54, 1.807) is 12.1 Å². The lowest BCUT2D eigenvalue weighted by Gasteiger charge is -2.10. The Hall–Kier alpha value is -2.99. The van der Waals surface area contributed by atoms with Crippen LogP contribution in [0.4, 0.5) is 21.0 Å². The van der Waals surface area contributed by atoms with Crippen LogP contribution >= 0.6 is 23.1 Å². The molecule has 2 aromatic heterocycles. The lowest BCUT2D eigenvalue weighted by molar-refractivity contribution is 0.102. The first kappa shape index (κ1) is 19.3. The number of nitrogens with two attached hydrogens (primary N) is 1. The molecule has 0 amide bonds. The summed E-state index contributed by atoms with van der Waals surface area (Å²) in [6.07, 6.45) is 1.57. The predicted octanol–water partition coefficient (Wildman–Crippen LogP) is 2.16. The first-order valence-corrected chi connectivity index (χ1v) is 10.4. The number of aromatic amines is 1. The number of thioether (sulfide) groups is 1. The van der Waals surface area contributed by atoms with Crippen LogP contribution in [0.2, 0.25) is 0 Å². The van der Waals surface area contributed by atoms with Gasteiger partial charge in [0.05, 0.1) is 5.75 Å². The summed E-state index contributed by atoms with van der Waals surface area (Å²) in [5.74, 6) is -1.01. The number of ketones is 1. The lowest BCUT2D eigenvalue weighted by Crippen LogP contribution is -2.36. The highest BCUT2D eigenvalue weighted by atomic mass is 32.2. The highest BCUT2D eigenvalue weighted by Gasteiger charge is 2.30. The summed E-state index contributed by atoms with van der Waals surface area (Å²) >= 11 is 2.32. The Labute approximate surface area is 171 Å². The summed E-state index contributed by atoms with van der Waals surface area (Å²) in [5, 5.41) is 11.4. The van der Waals surface area contributed by atoms with Gasteiger partial charge >= 0.3 is 5.69 Å². The molecule has 0 unspecified atom stereocenters. The summed E-state index contributed by atoms with van der Waals surface area (Å²) in [5.41, 5.74) is 5.00. The lowest BCUT2D eigenvalue weighted by atomic mass is 10.2. The topological polar surface area (TPSA) is 136 Å². The van der Waals surface area contributed by atoms with Crippen LogP contribution in [0.5, 0.6) is 0 Å². The van der Waals surface area contributed by atoms with E-state index in [-0.39, 0.29) is 29.0 Å². The van der Waals surface area contributed by atoms with Crippen molar-refractivity contribution in [1.82, 2.24) is 19.7 Å². The molecule has 0 aliphatic heterocycles. The average molecular weight is 434 g/mol. The molecule has 2 heterocycles. The number of hydrogen-bond donors (Lipinski definition) is 3. The molecule has 3 aromatic rings. The first-order chi connectivity index (χ1) is 13.9. The smallest absolute Gasteiger partial charge is 0.330 e. The molecule has 29 heavy (non-hydrogen) atoms. The quantitative estimate of drug-likeness (QED) is 0.380. The number of carbonyl (C=O) groups is 1. The largest absolute Gasteiger partial charge is 0.384 e. The molecule has 0 radical (unpaired) electrons. The summed E-state index contributed by atoms with van der Waals surface area (Å²) in [7, 11) is 0. The molecular formula is C17H15FN6O3S2. The van der Waals surface area contributed by atoms with Gasteiger partial charge in [-0.2, -0.15) is 0 Å². The first-order valence-electron chi connectivity index (χ1n) is 8.59. The number of halogens is 1. The van der Waals surface area contributed by atoms with Crippen molar-refractivity contribution in [3.05, 3.63) is 56.5 Å². The number of nitrogens with one attached hydrogen (secondary N) is 2. The number of hydrogen-bond acceptors (Lipinski definition) is 9. The Morgan fingerprint density at radius 2 is 2.03 bits per heavy atom. The Kier molecular flexibility index (Phi) is 5.20. The molecule has 1 saturated carbocycles. The molecule has 0 spiro atoms. The zero-order valence-electron chi connectivity index (χ0n) is 14.8. The molecule has 1 aliphatic carbocycles. The highest BCUT2D eigenvalue weighted by Crippen LogP contribution is 2.35. The molecule has 0 bridgehead atoms. The van der Waals surface area contributed by atoms with Gasteiger partial charge in [-0.25, -0.2) is 9.18 Å². The van der Waals surface area contributed by atoms with E-state index in [4.69, 9.17) is 5.73 Å². The van der Waals surface area contributed by atoms with E-state index in [9.17, 15) is 18.8 Å². The van der Waals surface area contributed by atoms with Crippen molar-refractivity contribution >= 4 is 45.5 Å². The van der Waals surface area contributed by atoms with E-state index in [0.29, 0.717) is 15.2 Å². The molecule has 12 heteroatoms. The average Bonchev–Trinajstić information content (AvgIpc) is 3.40. The van der Waals surface area contributed by atoms with Gasteiger partial charge in [-0.05, 0) is 37.1 Å². The Morgan fingerprint density at radius 3 is 2.72 bits per heavy atom. The van der Waals surface area contributed by atoms with Crippen LogP contribution in [0.3, 0.4) is 0 Å². The molecule has 1 aromatic carbocycles. The van der Waals surface area contributed by atoms with Gasteiger partial charge in [-0.1, -0.05) is 23.1 Å². The number of aromatic nitrogens is 4. The standard InChI is InChI=1S/C17H15FN6O3S2/c18-8-1-3-9(4-2-8)20-15-22-23-17(29-15)28-7-11(25)12-13(19)24(10-5-6-10)16(27)21-14(12)26/h1-4,10H,5-7,19H2,(H,20,22)(H,21,26,27). The summed E-state index contributed by atoms with van der Waals surface area (Å²) in [4.78, 5) is 38.8. The van der Waals surface area contributed by atoms with Crippen LogP contribution in [0.15, 0.2) is 38.2 Å². The van der Waals surface area contributed by atoms with Crippen LogP contribution in [-0.2, 0) is 0 Å². The van der Waals surface area contributed by atoms with Crippen molar-refractivity contribution in [3.63, 3.8) is 0 Å². The van der Waals surface area contributed by atoms with E-state index >= 15 is 0 Å². The van der Waals surface area contributed by atoms with Gasteiger partial charge < -0.3 is 11.1 Å². The molecule has 0 saturated heterocycles. The molecule has 4 N–H and O–H groups in total. The van der Waals surface area contributed by atoms with Crippen LogP contribution in [-0.4, -0.2) is 31.3 Å². The minimum absolute atomic E-state index is 0.0678. The highest BCUT2D eigenvalue weighted by molar-refractivity contribution is 8.01. The Bertz CT molecular complexity index is 1180. The normalized spacial score (nSPS) is 13.4. The molecule has 1 fully saturated rings. The maximum absolute atomic E-state index is 13.0. The van der Waals surface area contributed by atoms with Gasteiger partial charge in [0, 0.05) is 11.7 Å². The number of benzene rings is 1. The van der Waals surface area contributed by atoms with Gasteiger partial charge in [0.2, 0.25) is 5.13 Å². The molecular weight excluding hydrogens is 419 g/mol. The van der Waals surface area contributed by atoms with Crippen molar-refractivity contribution in [2.24, 2.45) is 0 Å². The van der Waals surface area contributed by atoms with Gasteiger partial charge in [-0.15, -0.1) is 10.2 Å². The molecule has 150 valence electrons. The van der Waals surface area contributed by atoms with Crippen LogP contribution < -0.4 is 22.3 Å². The number of nitrogens with zero attached hydrogens (tertiary/aromatic N) is 3. The third kappa shape index (κ3) is 4.22. The second-order valence-electron chi connectivity index (χ2n) is 6.34. The van der Waals surface area contributed by atoms with Crippen LogP contribution in [0, 0.1) is 5.82 Å². The van der Waals surface area contributed by atoms with E-state index < -0.39 is 17.0 Å². The predicted molar refractivity (Wildman–Crippen MR) is 109 cm³/mol. The number of nitrogen functional groups attached to an aromatic ring is 1. The van der Waals surface area contributed by atoms with Gasteiger partial charge in [0.15, 0.2) is 10.1 Å². The SMILES string of the molecule is Nc1c(C(=O)CSc2nnc(Nc3ccc(F)cc3)s2)c(=O)[nH]c(=O)n1C1CC1. The summed E-state index contributed by atoms with van der Waals surface area (Å²) in [6.45, 7) is 0. The van der Waals surface area contributed by atoms with Crippen molar-refractivity contribution < 1.29 is 9.18 Å². The zero-order chi connectivity index (χ0) is 20.5. The van der Waals surface area contributed by atoms with Crippen molar-refractivity contribution in [2.75, 3.05) is 16.8 Å². The minimum atomic E-state index is -0.786. The fourth-order valence-corrected chi connectivity index (χ4v) is 4.35. The van der Waals surface area contributed by atoms with Crippen molar-refractivity contribution in [2.45, 2.75) is 23.2 Å². The summed E-state index contributed by atoms with van der Waals surface area (Å²) < 4.78 is 14.7. The third-order valence-corrected chi connectivity index (χ3v) is 6.17. The maximum Gasteiger partial charge on any atom is 0.330 e. The number of rotatable bonds is 7. The molecule has 4 rings (SSSR count). The number of H-pyrrole nitrogens is 1. The second kappa shape index (κ2) is 7.79. The maximum atomic E-state index is 13.0. The van der Waals surface area contributed by atoms with E-state index in [0.717, 1.165) is 24.6 Å². The van der Waals surface area contributed by atoms with Crippen LogP contribution in [0.1, 0.15) is 29.2 Å². The van der Waals surface area contributed by atoms with Crippen molar-refractivity contribution in [1.29, 1.82) is 0 Å². The van der Waals surface area contributed by atoms with E-state index in [2.05, 4.69) is 20.5 Å². The summed E-state index contributed by atoms with van der Waals surface area (Å²) in [6, 6.07) is 5.71. The van der Waals surface area contributed by atoms with E-state index in [1.807, 2.05) is 0 Å². The van der Waals surface area contributed by atoms with Gasteiger partial charge in [0.25, 0.3) is 5.56 Å². The van der Waals surface area contributed by atoms with E-state index in [1.165, 1.54) is 28.0 Å². The fourth-order valence-electron chi connectivity index (χ4n) is 2.71. The number of carbonyl (C=O) groups excluding carboxylic acids is 1. The van der Waals surface area contributed by atoms with Crippen LogP contribution in [0.25, 0.3) is 0 Å². The Balaban J connectivity index is 1.45. The fraction of sp³-hybridized carbons (Fsp3) is 0.235. The van der Waals surface area contributed by atoms with Gasteiger partial charge in [0.1, 0.15) is 17.2 Å². The monoisotopic (exact) mass is 434 g/mol.